The lowest BCUT2D eigenvalue weighted by molar-refractivity contribution is -0.159. The van der Waals surface area contributed by atoms with Gasteiger partial charge in [-0.2, -0.15) is 0 Å². The number of nitrogens with zero attached hydrogens (tertiary/aromatic N) is 1. The molecule has 0 bridgehead atoms. The predicted octanol–water partition coefficient (Wildman–Crippen LogP) is 1.36. The molecule has 1 aliphatic heterocycles. The fourth-order valence-corrected chi connectivity index (χ4v) is 1.99. The Morgan fingerprint density at radius 3 is 2.82 bits per heavy atom. The van der Waals surface area contributed by atoms with E-state index in [1.807, 2.05) is 18.2 Å². The van der Waals surface area contributed by atoms with Crippen LogP contribution >= 0.6 is 0 Å². The summed E-state index contributed by atoms with van der Waals surface area (Å²) in [5.74, 6) is -0.880. The fraction of sp³-hybridized carbons (Fsp3) is 0.462. The van der Waals surface area contributed by atoms with Crippen molar-refractivity contribution in [3.8, 4) is 0 Å². The first-order valence-electron chi connectivity index (χ1n) is 5.79. The van der Waals surface area contributed by atoms with E-state index in [1.54, 1.807) is 0 Å². The molecule has 0 radical (unpaired) electrons. The number of morpholine rings is 1. The van der Waals surface area contributed by atoms with E-state index in [2.05, 4.69) is 24.0 Å². The molecule has 1 unspecified atom stereocenters. The van der Waals surface area contributed by atoms with E-state index < -0.39 is 12.1 Å². The van der Waals surface area contributed by atoms with E-state index in [0.29, 0.717) is 13.2 Å². The average Bonchev–Trinajstić information content (AvgIpc) is 2.33. The van der Waals surface area contributed by atoms with Crippen LogP contribution < -0.4 is 0 Å². The van der Waals surface area contributed by atoms with E-state index >= 15 is 0 Å². The first kappa shape index (κ1) is 12.1. The maximum atomic E-state index is 10.9. The van der Waals surface area contributed by atoms with Crippen LogP contribution in [-0.2, 0) is 16.1 Å². The van der Waals surface area contributed by atoms with Crippen LogP contribution in [0.1, 0.15) is 12.5 Å². The monoisotopic (exact) mass is 235 g/mol. The molecular formula is C13H17NO3. The number of hydrogen-bond acceptors (Lipinski definition) is 3. The van der Waals surface area contributed by atoms with Crippen molar-refractivity contribution < 1.29 is 14.6 Å². The third kappa shape index (κ3) is 3.05. The van der Waals surface area contributed by atoms with Crippen molar-refractivity contribution in [3.63, 3.8) is 0 Å². The van der Waals surface area contributed by atoms with Crippen molar-refractivity contribution in [1.82, 2.24) is 4.90 Å². The molecule has 0 aromatic heterocycles. The van der Waals surface area contributed by atoms with Gasteiger partial charge in [0, 0.05) is 19.1 Å². The highest BCUT2D eigenvalue weighted by Crippen LogP contribution is 2.15. The van der Waals surface area contributed by atoms with Crippen molar-refractivity contribution >= 4 is 5.97 Å². The molecule has 1 fully saturated rings. The zero-order chi connectivity index (χ0) is 12.3. The third-order valence-corrected chi connectivity index (χ3v) is 3.07. The first-order valence-corrected chi connectivity index (χ1v) is 5.79. The van der Waals surface area contributed by atoms with Crippen LogP contribution in [0.5, 0.6) is 0 Å². The zero-order valence-corrected chi connectivity index (χ0v) is 9.87. The van der Waals surface area contributed by atoms with E-state index in [-0.39, 0.29) is 6.04 Å². The number of aliphatic carboxylic acids is 1. The lowest BCUT2D eigenvalue weighted by Gasteiger charge is -2.36. The second-order valence-electron chi connectivity index (χ2n) is 4.42. The summed E-state index contributed by atoms with van der Waals surface area (Å²) in [4.78, 5) is 13.1. The maximum absolute atomic E-state index is 10.9. The van der Waals surface area contributed by atoms with Gasteiger partial charge in [-0.05, 0) is 12.5 Å². The van der Waals surface area contributed by atoms with E-state index in [9.17, 15) is 4.79 Å². The molecule has 0 saturated carbocycles. The minimum absolute atomic E-state index is 0.255. The number of hydrogen-bond donors (Lipinski definition) is 1. The topological polar surface area (TPSA) is 49.8 Å². The van der Waals surface area contributed by atoms with E-state index in [4.69, 9.17) is 9.84 Å². The minimum atomic E-state index is -0.880. The highest BCUT2D eigenvalue weighted by Gasteiger charge is 2.30. The van der Waals surface area contributed by atoms with Crippen molar-refractivity contribution in [1.29, 1.82) is 0 Å². The number of carbonyl (C=O) groups is 1. The highest BCUT2D eigenvalue weighted by molar-refractivity contribution is 5.72. The summed E-state index contributed by atoms with van der Waals surface area (Å²) in [5, 5.41) is 8.96. The number of carboxylic acid groups (broad SMARTS) is 1. The lowest BCUT2D eigenvalue weighted by atomic mass is 10.1. The summed E-state index contributed by atoms with van der Waals surface area (Å²) in [6.07, 6.45) is -0.699. The standard InChI is InChI=1S/C13H17NO3/c1-10-9-17-12(13(15)16)8-14(10)7-11-5-3-2-4-6-11/h2-6,10,12H,7-9H2,1H3,(H,15,16)/t10?,12-/m1/s1. The molecule has 4 nitrogen and oxygen atoms in total. The van der Waals surface area contributed by atoms with Crippen LogP contribution in [0.4, 0.5) is 0 Å². The molecule has 1 heterocycles. The number of carboxylic acids is 1. The number of rotatable bonds is 3. The van der Waals surface area contributed by atoms with Gasteiger partial charge in [-0.3, -0.25) is 4.90 Å². The molecular weight excluding hydrogens is 218 g/mol. The van der Waals surface area contributed by atoms with Crippen LogP contribution in [0.2, 0.25) is 0 Å². The fourth-order valence-electron chi connectivity index (χ4n) is 1.99. The quantitative estimate of drug-likeness (QED) is 0.859. The molecule has 17 heavy (non-hydrogen) atoms. The maximum Gasteiger partial charge on any atom is 0.334 e. The Morgan fingerprint density at radius 1 is 1.47 bits per heavy atom. The van der Waals surface area contributed by atoms with Crippen molar-refractivity contribution in [2.45, 2.75) is 25.6 Å². The van der Waals surface area contributed by atoms with E-state index in [0.717, 1.165) is 6.54 Å². The summed E-state index contributed by atoms with van der Waals surface area (Å²) in [7, 11) is 0. The Balaban J connectivity index is 2.01. The molecule has 0 spiro atoms. The molecule has 1 N–H and O–H groups in total. The van der Waals surface area contributed by atoms with Crippen LogP contribution in [0, 0.1) is 0 Å². The normalized spacial score (nSPS) is 25.7. The van der Waals surface area contributed by atoms with Gasteiger partial charge in [0.15, 0.2) is 6.10 Å². The summed E-state index contributed by atoms with van der Waals surface area (Å²) < 4.78 is 5.28. The lowest BCUT2D eigenvalue weighted by Crippen LogP contribution is -2.50. The number of benzene rings is 1. The van der Waals surface area contributed by atoms with Crippen molar-refractivity contribution in [2.75, 3.05) is 13.2 Å². The third-order valence-electron chi connectivity index (χ3n) is 3.07. The Labute approximate surface area is 101 Å². The molecule has 1 aromatic rings. The summed E-state index contributed by atoms with van der Waals surface area (Å²) >= 11 is 0. The Kier molecular flexibility index (Phi) is 3.76. The molecule has 2 atom stereocenters. The largest absolute Gasteiger partial charge is 0.479 e. The molecule has 0 amide bonds. The predicted molar refractivity (Wildman–Crippen MR) is 63.7 cm³/mol. The summed E-state index contributed by atoms with van der Waals surface area (Å²) in [5.41, 5.74) is 1.20. The average molecular weight is 235 g/mol. The van der Waals surface area contributed by atoms with Gasteiger partial charge in [-0.1, -0.05) is 30.3 Å². The molecule has 92 valence electrons. The summed E-state index contributed by atoms with van der Waals surface area (Å²) in [6.45, 7) is 3.76. The number of ether oxygens (including phenoxy) is 1. The van der Waals surface area contributed by atoms with Gasteiger partial charge in [0.2, 0.25) is 0 Å². The Morgan fingerprint density at radius 2 is 2.18 bits per heavy atom. The smallest absolute Gasteiger partial charge is 0.334 e. The van der Waals surface area contributed by atoms with Gasteiger partial charge in [0.05, 0.1) is 6.61 Å². The Hall–Kier alpha value is -1.39. The molecule has 1 saturated heterocycles. The van der Waals surface area contributed by atoms with Crippen LogP contribution in [-0.4, -0.2) is 41.3 Å². The van der Waals surface area contributed by atoms with Crippen molar-refractivity contribution in [3.05, 3.63) is 35.9 Å². The second-order valence-corrected chi connectivity index (χ2v) is 4.42. The van der Waals surface area contributed by atoms with Gasteiger partial charge < -0.3 is 9.84 Å². The van der Waals surface area contributed by atoms with Crippen molar-refractivity contribution in [2.24, 2.45) is 0 Å². The molecule has 1 aliphatic rings. The SMILES string of the molecule is CC1CO[C@@H](C(=O)O)CN1Cc1ccccc1. The molecule has 2 rings (SSSR count). The molecule has 0 aliphatic carbocycles. The summed E-state index contributed by atoms with van der Waals surface area (Å²) in [6, 6.07) is 10.3. The van der Waals surface area contributed by atoms with Gasteiger partial charge >= 0.3 is 5.97 Å². The molecule has 1 aromatic carbocycles. The van der Waals surface area contributed by atoms with Gasteiger partial charge in [-0.15, -0.1) is 0 Å². The van der Waals surface area contributed by atoms with Gasteiger partial charge in [0.25, 0.3) is 0 Å². The second kappa shape index (κ2) is 5.29. The van der Waals surface area contributed by atoms with E-state index in [1.165, 1.54) is 5.56 Å². The van der Waals surface area contributed by atoms with Crippen LogP contribution in [0.3, 0.4) is 0 Å². The van der Waals surface area contributed by atoms with Gasteiger partial charge in [0.1, 0.15) is 0 Å². The zero-order valence-electron chi connectivity index (χ0n) is 9.87. The van der Waals surface area contributed by atoms with Gasteiger partial charge in [-0.25, -0.2) is 4.79 Å². The Bertz CT molecular complexity index is 380. The molecule has 4 heteroatoms. The van der Waals surface area contributed by atoms with Crippen LogP contribution in [0.25, 0.3) is 0 Å². The minimum Gasteiger partial charge on any atom is -0.479 e. The highest BCUT2D eigenvalue weighted by atomic mass is 16.5. The first-order chi connectivity index (χ1) is 8.16. The van der Waals surface area contributed by atoms with Crippen LogP contribution in [0.15, 0.2) is 30.3 Å².